The monoisotopic (exact) mass is 190 g/mol. The Morgan fingerprint density at radius 3 is 2.86 bits per heavy atom. The molecular formula is C9H10N4O. The van der Waals surface area contributed by atoms with Crippen LogP contribution in [0.1, 0.15) is 25.5 Å². The maximum atomic E-state index is 11.1. The third kappa shape index (κ3) is 0.921. The van der Waals surface area contributed by atoms with Crippen molar-refractivity contribution in [1.82, 2.24) is 19.6 Å². The summed E-state index contributed by atoms with van der Waals surface area (Å²) < 4.78 is 1.69. The second-order valence-electron chi connectivity index (χ2n) is 4.07. The SMILES string of the molecule is CC1(c2cnc3ncc(=O)[nH]n23)CC1. The lowest BCUT2D eigenvalue weighted by Gasteiger charge is -2.05. The molecule has 5 nitrogen and oxygen atoms in total. The largest absolute Gasteiger partial charge is 0.281 e. The van der Waals surface area contributed by atoms with Crippen molar-refractivity contribution >= 4 is 5.78 Å². The quantitative estimate of drug-likeness (QED) is 0.711. The molecule has 72 valence electrons. The zero-order valence-electron chi connectivity index (χ0n) is 7.82. The molecule has 1 N–H and O–H groups in total. The summed E-state index contributed by atoms with van der Waals surface area (Å²) in [5.74, 6) is 0.563. The van der Waals surface area contributed by atoms with Gasteiger partial charge in [0.25, 0.3) is 5.56 Å². The van der Waals surface area contributed by atoms with E-state index in [0.717, 1.165) is 18.5 Å². The highest BCUT2D eigenvalue weighted by Gasteiger charge is 2.42. The fourth-order valence-corrected chi connectivity index (χ4v) is 1.67. The van der Waals surface area contributed by atoms with Gasteiger partial charge in [0.1, 0.15) is 0 Å². The van der Waals surface area contributed by atoms with Crippen LogP contribution in [-0.4, -0.2) is 19.6 Å². The van der Waals surface area contributed by atoms with Gasteiger partial charge in [0, 0.05) is 5.41 Å². The van der Waals surface area contributed by atoms with Crippen LogP contribution >= 0.6 is 0 Å². The van der Waals surface area contributed by atoms with Crippen molar-refractivity contribution in [3.63, 3.8) is 0 Å². The van der Waals surface area contributed by atoms with Gasteiger partial charge < -0.3 is 0 Å². The zero-order valence-corrected chi connectivity index (χ0v) is 7.82. The van der Waals surface area contributed by atoms with Gasteiger partial charge in [0.05, 0.1) is 18.1 Å². The van der Waals surface area contributed by atoms with E-state index in [9.17, 15) is 4.79 Å². The summed E-state index contributed by atoms with van der Waals surface area (Å²) in [5.41, 5.74) is 1.05. The van der Waals surface area contributed by atoms with Crippen LogP contribution < -0.4 is 5.56 Å². The number of aromatic amines is 1. The summed E-state index contributed by atoms with van der Waals surface area (Å²) in [6.45, 7) is 2.17. The van der Waals surface area contributed by atoms with Crippen molar-refractivity contribution in [2.24, 2.45) is 0 Å². The number of H-pyrrole nitrogens is 1. The van der Waals surface area contributed by atoms with Gasteiger partial charge in [-0.3, -0.25) is 9.89 Å². The zero-order chi connectivity index (χ0) is 9.76. The third-order valence-corrected chi connectivity index (χ3v) is 2.88. The molecule has 0 aliphatic heterocycles. The first kappa shape index (κ1) is 7.73. The summed E-state index contributed by atoms with van der Waals surface area (Å²) in [4.78, 5) is 19.2. The number of hydrogen-bond donors (Lipinski definition) is 1. The van der Waals surface area contributed by atoms with Gasteiger partial charge in [-0.15, -0.1) is 0 Å². The normalized spacial score (nSPS) is 18.6. The molecule has 1 saturated carbocycles. The topological polar surface area (TPSA) is 63.0 Å². The Hall–Kier alpha value is -1.65. The van der Waals surface area contributed by atoms with E-state index >= 15 is 0 Å². The molecule has 0 atom stereocenters. The van der Waals surface area contributed by atoms with E-state index in [1.165, 1.54) is 6.20 Å². The van der Waals surface area contributed by atoms with E-state index in [1.807, 2.05) is 0 Å². The van der Waals surface area contributed by atoms with E-state index in [2.05, 4.69) is 22.0 Å². The van der Waals surface area contributed by atoms with Gasteiger partial charge in [-0.1, -0.05) is 6.92 Å². The Labute approximate surface area is 79.8 Å². The molecule has 0 spiro atoms. The highest BCUT2D eigenvalue weighted by molar-refractivity contribution is 5.33. The average molecular weight is 190 g/mol. The minimum absolute atomic E-state index is 0.186. The van der Waals surface area contributed by atoms with Crippen molar-refractivity contribution in [2.75, 3.05) is 0 Å². The molecule has 1 aliphatic rings. The second kappa shape index (κ2) is 2.23. The molecule has 0 saturated heterocycles. The van der Waals surface area contributed by atoms with Crippen LogP contribution in [0, 0.1) is 0 Å². The van der Waals surface area contributed by atoms with Crippen LogP contribution in [0.5, 0.6) is 0 Å². The first-order valence-electron chi connectivity index (χ1n) is 4.62. The van der Waals surface area contributed by atoms with E-state index in [4.69, 9.17) is 0 Å². The lowest BCUT2D eigenvalue weighted by molar-refractivity contribution is 0.693. The van der Waals surface area contributed by atoms with Gasteiger partial charge in [0.2, 0.25) is 5.78 Å². The van der Waals surface area contributed by atoms with Gasteiger partial charge in [-0.25, -0.2) is 14.5 Å². The van der Waals surface area contributed by atoms with Crippen LogP contribution in [-0.2, 0) is 5.41 Å². The molecule has 2 aromatic rings. The van der Waals surface area contributed by atoms with Crippen LogP contribution in [0.25, 0.3) is 5.78 Å². The highest BCUT2D eigenvalue weighted by atomic mass is 16.1. The van der Waals surface area contributed by atoms with E-state index in [1.54, 1.807) is 10.7 Å². The molecule has 0 unspecified atom stereocenters. The molecule has 1 fully saturated rings. The van der Waals surface area contributed by atoms with Gasteiger partial charge >= 0.3 is 0 Å². The van der Waals surface area contributed by atoms with Gasteiger partial charge in [-0.05, 0) is 12.8 Å². The maximum Gasteiger partial charge on any atom is 0.281 e. The number of hydrogen-bond acceptors (Lipinski definition) is 3. The van der Waals surface area contributed by atoms with Gasteiger partial charge in [0.15, 0.2) is 0 Å². The molecular weight excluding hydrogens is 180 g/mol. The Balaban J connectivity index is 2.34. The predicted octanol–water partition coefficient (Wildman–Crippen LogP) is 0.469. The molecule has 0 amide bonds. The van der Waals surface area contributed by atoms with E-state index in [-0.39, 0.29) is 11.0 Å². The summed E-state index contributed by atoms with van der Waals surface area (Å²) in [6, 6.07) is 0. The standard InChI is InChI=1S/C9H10N4O/c1-9(2-3-9)6-4-10-8-11-5-7(14)12-13(6)8/h4-5H,2-3H2,1H3,(H,12,14). The molecule has 1 aliphatic carbocycles. The minimum atomic E-state index is -0.194. The molecule has 0 radical (unpaired) electrons. The van der Waals surface area contributed by atoms with Crippen LogP contribution in [0.2, 0.25) is 0 Å². The second-order valence-corrected chi connectivity index (χ2v) is 4.07. The van der Waals surface area contributed by atoms with Crippen molar-refractivity contribution in [2.45, 2.75) is 25.2 Å². The minimum Gasteiger partial charge on any atom is -0.266 e. The Morgan fingerprint density at radius 1 is 1.43 bits per heavy atom. The van der Waals surface area contributed by atoms with Gasteiger partial charge in [-0.2, -0.15) is 0 Å². The van der Waals surface area contributed by atoms with Crippen molar-refractivity contribution in [3.8, 4) is 0 Å². The smallest absolute Gasteiger partial charge is 0.266 e. The van der Waals surface area contributed by atoms with E-state index in [0.29, 0.717) is 5.78 Å². The molecule has 14 heavy (non-hydrogen) atoms. The average Bonchev–Trinajstić information content (AvgIpc) is 2.77. The Kier molecular flexibility index (Phi) is 1.23. The van der Waals surface area contributed by atoms with Crippen molar-refractivity contribution in [3.05, 3.63) is 28.4 Å². The van der Waals surface area contributed by atoms with Crippen LogP contribution in [0.15, 0.2) is 17.2 Å². The molecule has 2 heterocycles. The summed E-state index contributed by atoms with van der Waals surface area (Å²) in [5, 5.41) is 2.72. The number of nitrogens with one attached hydrogen (secondary N) is 1. The van der Waals surface area contributed by atoms with Crippen molar-refractivity contribution < 1.29 is 0 Å². The first-order chi connectivity index (χ1) is 6.69. The van der Waals surface area contributed by atoms with Crippen molar-refractivity contribution in [1.29, 1.82) is 0 Å². The predicted molar refractivity (Wildman–Crippen MR) is 50.2 cm³/mol. The first-order valence-corrected chi connectivity index (χ1v) is 4.62. The highest BCUT2D eigenvalue weighted by Crippen LogP contribution is 2.47. The molecule has 0 bridgehead atoms. The number of nitrogens with zero attached hydrogens (tertiary/aromatic N) is 3. The number of fused-ring (bicyclic) bond motifs is 1. The third-order valence-electron chi connectivity index (χ3n) is 2.88. The van der Waals surface area contributed by atoms with Crippen LogP contribution in [0.3, 0.4) is 0 Å². The number of imidazole rings is 1. The Morgan fingerprint density at radius 2 is 2.14 bits per heavy atom. The lowest BCUT2D eigenvalue weighted by Crippen LogP contribution is -2.15. The summed E-state index contributed by atoms with van der Waals surface area (Å²) >= 11 is 0. The molecule has 5 heteroatoms. The Bertz CT molecular complexity index is 549. The lowest BCUT2D eigenvalue weighted by atomic mass is 10.1. The summed E-state index contributed by atoms with van der Waals surface area (Å²) in [7, 11) is 0. The van der Waals surface area contributed by atoms with E-state index < -0.39 is 0 Å². The van der Waals surface area contributed by atoms with Crippen LogP contribution in [0.4, 0.5) is 0 Å². The molecule has 0 aromatic carbocycles. The number of aromatic nitrogens is 4. The molecule has 2 aromatic heterocycles. The summed E-state index contributed by atoms with van der Waals surface area (Å²) in [6.07, 6.45) is 5.35. The maximum absolute atomic E-state index is 11.1. The molecule has 3 rings (SSSR count). The fraction of sp³-hybridized carbons (Fsp3) is 0.444. The number of rotatable bonds is 1. The fourth-order valence-electron chi connectivity index (χ4n) is 1.67.